The van der Waals surface area contributed by atoms with Crippen LogP contribution in [-0.2, 0) is 26.0 Å². The summed E-state index contributed by atoms with van der Waals surface area (Å²) < 4.78 is 39.3. The number of methoxy groups -OCH3 is 1. The lowest BCUT2D eigenvalue weighted by Gasteiger charge is -2.17. The molecular formula is C22H27ClN2O6S. The second-order valence-electron chi connectivity index (χ2n) is 7.68. The van der Waals surface area contributed by atoms with Crippen LogP contribution in [0.2, 0.25) is 5.02 Å². The number of carbonyl (C=O) groups is 2. The molecule has 8 nitrogen and oxygen atoms in total. The molecule has 0 bridgehead atoms. The summed E-state index contributed by atoms with van der Waals surface area (Å²) in [7, 11) is -2.19. The van der Waals surface area contributed by atoms with Crippen LogP contribution in [0, 0.1) is 13.8 Å². The van der Waals surface area contributed by atoms with Gasteiger partial charge >= 0.3 is 5.97 Å². The molecule has 3 rings (SSSR count). The molecule has 1 saturated heterocycles. The van der Waals surface area contributed by atoms with Crippen molar-refractivity contribution in [2.75, 3.05) is 33.4 Å². The number of hydrogen-bond acceptors (Lipinski definition) is 6. The number of benzene rings is 1. The monoisotopic (exact) mass is 482 g/mol. The van der Waals surface area contributed by atoms with Gasteiger partial charge in [0.1, 0.15) is 4.90 Å². The van der Waals surface area contributed by atoms with E-state index in [1.807, 2.05) is 18.4 Å². The Kier molecular flexibility index (Phi) is 7.76. The number of nitrogens with zero attached hydrogens (tertiary/aromatic N) is 2. The Bertz CT molecular complexity index is 1120. The van der Waals surface area contributed by atoms with E-state index in [1.54, 1.807) is 13.2 Å². The van der Waals surface area contributed by atoms with Crippen LogP contribution in [0.25, 0.3) is 0 Å². The highest BCUT2D eigenvalue weighted by Gasteiger charge is 2.30. The first kappa shape index (κ1) is 24.4. The molecule has 10 heteroatoms. The zero-order chi connectivity index (χ0) is 23.5. The summed E-state index contributed by atoms with van der Waals surface area (Å²) in [6.45, 7) is 5.23. The van der Waals surface area contributed by atoms with Crippen molar-refractivity contribution < 1.29 is 27.5 Å². The van der Waals surface area contributed by atoms with Gasteiger partial charge in [-0.3, -0.25) is 4.79 Å². The van der Waals surface area contributed by atoms with Crippen molar-refractivity contribution >= 4 is 33.4 Å². The van der Waals surface area contributed by atoms with Gasteiger partial charge in [0.2, 0.25) is 15.8 Å². The Labute approximate surface area is 193 Å². The molecule has 0 saturated carbocycles. The molecule has 1 aromatic carbocycles. The lowest BCUT2D eigenvalue weighted by atomic mass is 10.1. The molecule has 32 heavy (non-hydrogen) atoms. The molecule has 1 aliphatic heterocycles. The first-order valence-electron chi connectivity index (χ1n) is 10.3. The summed E-state index contributed by atoms with van der Waals surface area (Å²) in [5.74, 6) is -1.13. The van der Waals surface area contributed by atoms with Crippen LogP contribution < -0.4 is 0 Å². The highest BCUT2D eigenvalue weighted by molar-refractivity contribution is 7.89. The third-order valence-electron chi connectivity index (χ3n) is 5.58. The molecule has 0 N–H and O–H groups in total. The smallest absolute Gasteiger partial charge is 0.338 e. The minimum Gasteiger partial charge on any atom is -0.454 e. The Balaban J connectivity index is 1.72. The van der Waals surface area contributed by atoms with Gasteiger partial charge in [0.25, 0.3) is 0 Å². The van der Waals surface area contributed by atoms with Crippen molar-refractivity contribution in [2.24, 2.45) is 0 Å². The number of ether oxygens (including phenoxy) is 2. The fraction of sp³-hybridized carbons (Fsp3) is 0.455. The topological polar surface area (TPSA) is 94.9 Å². The summed E-state index contributed by atoms with van der Waals surface area (Å²) in [4.78, 5) is 25.1. The van der Waals surface area contributed by atoms with Crippen molar-refractivity contribution in [3.8, 4) is 0 Å². The maximum atomic E-state index is 12.9. The van der Waals surface area contributed by atoms with E-state index < -0.39 is 22.6 Å². The Morgan fingerprint density at radius 3 is 2.47 bits per heavy atom. The number of Topliss-reactive ketones (excluding diaryl/α,β-unsaturated/α-hetero) is 1. The van der Waals surface area contributed by atoms with Crippen LogP contribution in [0.4, 0.5) is 0 Å². The second-order valence-corrected chi connectivity index (χ2v) is 10.00. The maximum Gasteiger partial charge on any atom is 0.338 e. The minimum absolute atomic E-state index is 0.0190. The quantitative estimate of drug-likeness (QED) is 0.402. The van der Waals surface area contributed by atoms with Crippen LogP contribution in [-0.4, -0.2) is 62.5 Å². The van der Waals surface area contributed by atoms with Crippen LogP contribution >= 0.6 is 11.6 Å². The molecule has 0 spiro atoms. The van der Waals surface area contributed by atoms with Gasteiger partial charge < -0.3 is 14.0 Å². The molecule has 0 atom stereocenters. The van der Waals surface area contributed by atoms with E-state index in [0.29, 0.717) is 31.8 Å². The third-order valence-corrected chi connectivity index (χ3v) is 7.96. The van der Waals surface area contributed by atoms with E-state index in [1.165, 1.54) is 22.5 Å². The summed E-state index contributed by atoms with van der Waals surface area (Å²) >= 11 is 6.12. The van der Waals surface area contributed by atoms with Crippen LogP contribution in [0.3, 0.4) is 0 Å². The van der Waals surface area contributed by atoms with Gasteiger partial charge in [-0.25, -0.2) is 13.2 Å². The zero-order valence-corrected chi connectivity index (χ0v) is 20.0. The molecule has 1 aliphatic rings. The normalized spacial score (nSPS) is 14.6. The number of aryl methyl sites for hydroxylation is 1. The largest absolute Gasteiger partial charge is 0.454 e. The number of halogens is 1. The van der Waals surface area contributed by atoms with Gasteiger partial charge in [0, 0.05) is 43.7 Å². The van der Waals surface area contributed by atoms with E-state index >= 15 is 0 Å². The molecular weight excluding hydrogens is 456 g/mol. The van der Waals surface area contributed by atoms with Gasteiger partial charge in [0.15, 0.2) is 6.61 Å². The predicted octanol–water partition coefficient (Wildman–Crippen LogP) is 3.23. The minimum atomic E-state index is -3.80. The number of sulfonamides is 1. The number of hydrogen-bond donors (Lipinski definition) is 0. The van der Waals surface area contributed by atoms with E-state index in [0.717, 1.165) is 24.2 Å². The summed E-state index contributed by atoms with van der Waals surface area (Å²) in [5.41, 5.74) is 2.17. The van der Waals surface area contributed by atoms with Crippen molar-refractivity contribution in [3.63, 3.8) is 0 Å². The molecule has 2 heterocycles. The molecule has 174 valence electrons. The highest BCUT2D eigenvalue weighted by atomic mass is 35.5. The molecule has 1 aromatic heterocycles. The van der Waals surface area contributed by atoms with Crippen molar-refractivity contribution in [1.82, 2.24) is 8.87 Å². The number of aromatic nitrogens is 1. The maximum absolute atomic E-state index is 12.9. The highest BCUT2D eigenvalue weighted by Crippen LogP contribution is 2.28. The van der Waals surface area contributed by atoms with Crippen molar-refractivity contribution in [1.29, 1.82) is 0 Å². The van der Waals surface area contributed by atoms with Crippen molar-refractivity contribution in [3.05, 3.63) is 51.8 Å². The standard InChI is InChI=1S/C22H27ClN2O6S/c1-15-12-18(16(2)25(15)10-11-30-3)20(26)14-31-22(27)17-6-7-19(23)21(13-17)32(28,29)24-8-4-5-9-24/h6-7,12-13H,4-5,8-11,14H2,1-3H3. The molecule has 0 unspecified atom stereocenters. The Hall–Kier alpha value is -2.20. The number of ketones is 1. The Morgan fingerprint density at radius 1 is 1.12 bits per heavy atom. The van der Waals surface area contributed by atoms with Crippen LogP contribution in [0.1, 0.15) is 44.9 Å². The average molecular weight is 483 g/mol. The molecule has 1 fully saturated rings. The molecule has 0 radical (unpaired) electrons. The molecule has 2 aromatic rings. The zero-order valence-electron chi connectivity index (χ0n) is 18.4. The van der Waals surface area contributed by atoms with E-state index in [2.05, 4.69) is 0 Å². The lowest BCUT2D eigenvalue weighted by Crippen LogP contribution is -2.28. The SMILES string of the molecule is COCCn1c(C)cc(C(=O)COC(=O)c2ccc(Cl)c(S(=O)(=O)N3CCCC3)c2)c1C. The summed E-state index contributed by atoms with van der Waals surface area (Å²) in [5, 5.41) is 0.0352. The van der Waals surface area contributed by atoms with E-state index in [4.69, 9.17) is 21.1 Å². The van der Waals surface area contributed by atoms with E-state index in [9.17, 15) is 18.0 Å². The number of carbonyl (C=O) groups excluding carboxylic acids is 2. The van der Waals surface area contributed by atoms with Gasteiger partial charge in [-0.15, -0.1) is 0 Å². The fourth-order valence-electron chi connectivity index (χ4n) is 3.80. The van der Waals surface area contributed by atoms with Gasteiger partial charge in [-0.1, -0.05) is 11.6 Å². The fourth-order valence-corrected chi connectivity index (χ4v) is 5.82. The third kappa shape index (κ3) is 5.06. The molecule has 0 aliphatic carbocycles. The lowest BCUT2D eigenvalue weighted by molar-refractivity contribution is 0.0474. The van der Waals surface area contributed by atoms with Crippen LogP contribution in [0.5, 0.6) is 0 Å². The van der Waals surface area contributed by atoms with Crippen molar-refractivity contribution in [2.45, 2.75) is 38.1 Å². The van der Waals surface area contributed by atoms with Gasteiger partial charge in [-0.05, 0) is 51.0 Å². The number of rotatable bonds is 9. The average Bonchev–Trinajstić information content (AvgIpc) is 3.40. The summed E-state index contributed by atoms with van der Waals surface area (Å²) in [6.07, 6.45) is 1.57. The van der Waals surface area contributed by atoms with Gasteiger partial charge in [-0.2, -0.15) is 4.31 Å². The van der Waals surface area contributed by atoms with Crippen LogP contribution in [0.15, 0.2) is 29.2 Å². The molecule has 0 amide bonds. The first-order chi connectivity index (χ1) is 15.2. The first-order valence-corrected chi connectivity index (χ1v) is 12.1. The second kappa shape index (κ2) is 10.2. The Morgan fingerprint density at radius 2 is 1.81 bits per heavy atom. The van der Waals surface area contributed by atoms with Gasteiger partial charge in [0.05, 0.1) is 17.2 Å². The summed E-state index contributed by atoms with van der Waals surface area (Å²) in [6, 6.07) is 5.70. The number of esters is 1. The van der Waals surface area contributed by atoms with E-state index in [-0.39, 0.29) is 21.3 Å². The predicted molar refractivity (Wildman–Crippen MR) is 120 cm³/mol.